The van der Waals surface area contributed by atoms with Crippen LogP contribution in [0.1, 0.15) is 22.5 Å². The average Bonchev–Trinajstić information content (AvgIpc) is 2.66. The molecule has 2 aromatic heterocycles. The average molecular weight is 244 g/mol. The molecule has 4 heteroatoms. The van der Waals surface area contributed by atoms with Gasteiger partial charge in [-0.2, -0.15) is 5.10 Å². The van der Waals surface area contributed by atoms with Crippen LogP contribution in [-0.2, 0) is 19.4 Å². The molecule has 18 heavy (non-hydrogen) atoms. The molecule has 0 fully saturated rings. The molecule has 0 atom stereocenters. The highest BCUT2D eigenvalue weighted by molar-refractivity contribution is 5.25. The third-order valence-electron chi connectivity index (χ3n) is 3.26. The highest BCUT2D eigenvalue weighted by atomic mass is 15.3. The molecule has 0 aromatic carbocycles. The summed E-state index contributed by atoms with van der Waals surface area (Å²) in [6, 6.07) is 4.07. The number of hydrogen-bond acceptors (Lipinski definition) is 3. The first-order valence-corrected chi connectivity index (χ1v) is 6.34. The molecule has 2 aromatic rings. The SMILES string of the molecule is Cc1nn(CCc2cccnc2)c(C)c1CCN. The Hall–Kier alpha value is -1.68. The Morgan fingerprint density at radius 3 is 2.78 bits per heavy atom. The van der Waals surface area contributed by atoms with Crippen LogP contribution >= 0.6 is 0 Å². The maximum atomic E-state index is 5.63. The minimum absolute atomic E-state index is 0.677. The molecule has 0 amide bonds. The van der Waals surface area contributed by atoms with Crippen LogP contribution in [0.2, 0.25) is 0 Å². The van der Waals surface area contributed by atoms with E-state index in [0.717, 1.165) is 25.1 Å². The molecule has 96 valence electrons. The van der Waals surface area contributed by atoms with Crippen molar-refractivity contribution in [3.8, 4) is 0 Å². The second-order valence-corrected chi connectivity index (χ2v) is 4.52. The Morgan fingerprint density at radius 2 is 2.11 bits per heavy atom. The van der Waals surface area contributed by atoms with E-state index < -0.39 is 0 Å². The summed E-state index contributed by atoms with van der Waals surface area (Å²) < 4.78 is 2.08. The maximum Gasteiger partial charge on any atom is 0.0628 e. The zero-order valence-corrected chi connectivity index (χ0v) is 11.1. The summed E-state index contributed by atoms with van der Waals surface area (Å²) in [4.78, 5) is 4.13. The van der Waals surface area contributed by atoms with Gasteiger partial charge in [0.15, 0.2) is 0 Å². The molecule has 2 N–H and O–H groups in total. The predicted octanol–water partition coefficient (Wildman–Crippen LogP) is 1.64. The fourth-order valence-corrected chi connectivity index (χ4v) is 2.24. The molecule has 0 unspecified atom stereocenters. The first-order chi connectivity index (χ1) is 8.72. The fourth-order valence-electron chi connectivity index (χ4n) is 2.24. The van der Waals surface area contributed by atoms with Crippen molar-refractivity contribution in [2.24, 2.45) is 5.73 Å². The minimum Gasteiger partial charge on any atom is -0.330 e. The molecule has 2 heterocycles. The number of hydrogen-bond donors (Lipinski definition) is 1. The second kappa shape index (κ2) is 5.78. The smallest absolute Gasteiger partial charge is 0.0628 e. The van der Waals surface area contributed by atoms with Gasteiger partial charge in [0.25, 0.3) is 0 Å². The lowest BCUT2D eigenvalue weighted by atomic mass is 10.1. The standard InChI is InChI=1S/C14H20N4/c1-11-14(5-7-15)12(2)18(17-11)9-6-13-4-3-8-16-10-13/h3-4,8,10H,5-7,9,15H2,1-2H3. The summed E-state index contributed by atoms with van der Waals surface area (Å²) in [6.45, 7) is 5.74. The van der Waals surface area contributed by atoms with Gasteiger partial charge in [-0.15, -0.1) is 0 Å². The van der Waals surface area contributed by atoms with Crippen LogP contribution in [0, 0.1) is 13.8 Å². The van der Waals surface area contributed by atoms with Crippen molar-refractivity contribution in [3.05, 3.63) is 47.0 Å². The van der Waals surface area contributed by atoms with Crippen molar-refractivity contribution >= 4 is 0 Å². The Kier molecular flexibility index (Phi) is 4.10. The Bertz CT molecular complexity index is 502. The van der Waals surface area contributed by atoms with E-state index in [9.17, 15) is 0 Å². The molecule has 0 spiro atoms. The van der Waals surface area contributed by atoms with Crippen molar-refractivity contribution in [1.82, 2.24) is 14.8 Å². The maximum absolute atomic E-state index is 5.63. The lowest BCUT2D eigenvalue weighted by Gasteiger charge is -2.05. The van der Waals surface area contributed by atoms with E-state index in [1.165, 1.54) is 16.8 Å². The Labute approximate surface area is 108 Å². The van der Waals surface area contributed by atoms with Gasteiger partial charge in [-0.25, -0.2) is 0 Å². The third-order valence-corrected chi connectivity index (χ3v) is 3.26. The second-order valence-electron chi connectivity index (χ2n) is 4.52. The molecule has 2 rings (SSSR count). The van der Waals surface area contributed by atoms with Crippen LogP contribution in [-0.4, -0.2) is 21.3 Å². The predicted molar refractivity (Wildman–Crippen MR) is 72.4 cm³/mol. The van der Waals surface area contributed by atoms with E-state index in [4.69, 9.17) is 5.73 Å². The molecule has 0 aliphatic rings. The summed E-state index contributed by atoms with van der Waals surface area (Å²) in [5, 5.41) is 4.58. The van der Waals surface area contributed by atoms with Crippen LogP contribution in [0.25, 0.3) is 0 Å². The van der Waals surface area contributed by atoms with Gasteiger partial charge in [-0.3, -0.25) is 9.67 Å². The lowest BCUT2D eigenvalue weighted by Crippen LogP contribution is -2.07. The van der Waals surface area contributed by atoms with Crippen LogP contribution < -0.4 is 5.73 Å². The third kappa shape index (κ3) is 2.76. The number of pyridine rings is 1. The Balaban J connectivity index is 2.08. The van der Waals surface area contributed by atoms with Crippen LogP contribution in [0.3, 0.4) is 0 Å². The molecule has 0 aliphatic carbocycles. The van der Waals surface area contributed by atoms with Crippen molar-refractivity contribution in [3.63, 3.8) is 0 Å². The number of aryl methyl sites for hydroxylation is 3. The van der Waals surface area contributed by atoms with E-state index in [0.29, 0.717) is 6.54 Å². The van der Waals surface area contributed by atoms with E-state index >= 15 is 0 Å². The van der Waals surface area contributed by atoms with Crippen molar-refractivity contribution < 1.29 is 0 Å². The molecule has 0 bridgehead atoms. The summed E-state index contributed by atoms with van der Waals surface area (Å²) in [5.41, 5.74) is 10.5. The summed E-state index contributed by atoms with van der Waals surface area (Å²) in [5.74, 6) is 0. The first-order valence-electron chi connectivity index (χ1n) is 6.34. The van der Waals surface area contributed by atoms with E-state index in [1.807, 2.05) is 12.3 Å². The molecule has 0 saturated heterocycles. The van der Waals surface area contributed by atoms with Gasteiger partial charge in [-0.1, -0.05) is 6.07 Å². The molecule has 0 aliphatic heterocycles. The molecular weight excluding hydrogens is 224 g/mol. The molecule has 0 radical (unpaired) electrons. The van der Waals surface area contributed by atoms with Gasteiger partial charge in [0, 0.05) is 24.6 Å². The number of aromatic nitrogens is 3. The summed E-state index contributed by atoms with van der Waals surface area (Å²) >= 11 is 0. The monoisotopic (exact) mass is 244 g/mol. The van der Waals surface area contributed by atoms with Crippen LogP contribution in [0.15, 0.2) is 24.5 Å². The molecule has 0 saturated carbocycles. The highest BCUT2D eigenvalue weighted by Crippen LogP contribution is 2.14. The van der Waals surface area contributed by atoms with Gasteiger partial charge in [0.2, 0.25) is 0 Å². The number of nitrogens with zero attached hydrogens (tertiary/aromatic N) is 3. The summed E-state index contributed by atoms with van der Waals surface area (Å²) in [6.07, 6.45) is 5.57. The molecule has 4 nitrogen and oxygen atoms in total. The first kappa shape index (κ1) is 12.8. The van der Waals surface area contributed by atoms with E-state index in [-0.39, 0.29) is 0 Å². The zero-order valence-electron chi connectivity index (χ0n) is 11.1. The van der Waals surface area contributed by atoms with E-state index in [1.54, 1.807) is 6.20 Å². The number of rotatable bonds is 5. The van der Waals surface area contributed by atoms with Gasteiger partial charge in [-0.05, 0) is 50.4 Å². The van der Waals surface area contributed by atoms with Crippen molar-refractivity contribution in [2.75, 3.05) is 6.54 Å². The van der Waals surface area contributed by atoms with Gasteiger partial charge >= 0.3 is 0 Å². The van der Waals surface area contributed by atoms with Crippen LogP contribution in [0.4, 0.5) is 0 Å². The van der Waals surface area contributed by atoms with Gasteiger partial charge in [0.05, 0.1) is 5.69 Å². The topological polar surface area (TPSA) is 56.7 Å². The van der Waals surface area contributed by atoms with Crippen molar-refractivity contribution in [2.45, 2.75) is 33.2 Å². The quantitative estimate of drug-likeness (QED) is 0.870. The van der Waals surface area contributed by atoms with Gasteiger partial charge in [0.1, 0.15) is 0 Å². The summed E-state index contributed by atoms with van der Waals surface area (Å²) in [7, 11) is 0. The lowest BCUT2D eigenvalue weighted by molar-refractivity contribution is 0.592. The normalized spacial score (nSPS) is 10.8. The minimum atomic E-state index is 0.677. The van der Waals surface area contributed by atoms with E-state index in [2.05, 4.69) is 34.7 Å². The van der Waals surface area contributed by atoms with Gasteiger partial charge < -0.3 is 5.73 Å². The number of nitrogens with two attached hydrogens (primary N) is 1. The molecular formula is C14H20N4. The van der Waals surface area contributed by atoms with Crippen molar-refractivity contribution in [1.29, 1.82) is 0 Å². The van der Waals surface area contributed by atoms with Crippen LogP contribution in [0.5, 0.6) is 0 Å². The zero-order chi connectivity index (χ0) is 13.0. The fraction of sp³-hybridized carbons (Fsp3) is 0.429. The Morgan fingerprint density at radius 1 is 1.28 bits per heavy atom. The highest BCUT2D eigenvalue weighted by Gasteiger charge is 2.10. The largest absolute Gasteiger partial charge is 0.330 e.